The van der Waals surface area contributed by atoms with Gasteiger partial charge in [0.1, 0.15) is 0 Å². The van der Waals surface area contributed by atoms with Crippen LogP contribution >= 0.6 is 0 Å². The molecule has 0 aliphatic rings. The quantitative estimate of drug-likeness (QED) is 0.380. The van der Waals surface area contributed by atoms with Crippen LogP contribution in [0.4, 0.5) is 0 Å². The van der Waals surface area contributed by atoms with Gasteiger partial charge in [0.2, 0.25) is 0 Å². The van der Waals surface area contributed by atoms with Crippen LogP contribution < -0.4 is 0 Å². The summed E-state index contributed by atoms with van der Waals surface area (Å²) in [5.41, 5.74) is 0. The Labute approximate surface area is 103 Å². The summed E-state index contributed by atoms with van der Waals surface area (Å²) in [6, 6.07) is 0. The molecule has 0 heteroatoms. The minimum absolute atomic E-state index is 0.788. The zero-order valence-electron chi connectivity index (χ0n) is 11.8. The smallest absolute Gasteiger partial charge is 0.0114 e. The van der Waals surface area contributed by atoms with E-state index in [9.17, 15) is 0 Å². The third-order valence-electron chi connectivity index (χ3n) is 3.14. The van der Waals surface area contributed by atoms with Gasteiger partial charge in [-0.1, -0.05) is 53.4 Å². The summed E-state index contributed by atoms with van der Waals surface area (Å²) in [5.74, 6) is 8.33. The van der Waals surface area contributed by atoms with Crippen LogP contribution in [0.5, 0.6) is 0 Å². The molecule has 0 saturated heterocycles. The summed E-state index contributed by atoms with van der Waals surface area (Å²) in [6.07, 6.45) is 10.1. The SMILES string of the molecule is CCCC(C)CC#CCCCC(C)CCC. The summed E-state index contributed by atoms with van der Waals surface area (Å²) in [6.45, 7) is 9.19. The maximum absolute atomic E-state index is 3.33. The molecule has 0 aliphatic heterocycles. The van der Waals surface area contributed by atoms with Crippen LogP contribution in [-0.4, -0.2) is 0 Å². The van der Waals surface area contributed by atoms with Gasteiger partial charge < -0.3 is 0 Å². The van der Waals surface area contributed by atoms with Crippen LogP contribution in [0.2, 0.25) is 0 Å². The van der Waals surface area contributed by atoms with Crippen molar-refractivity contribution in [2.45, 2.75) is 79.1 Å². The van der Waals surface area contributed by atoms with Gasteiger partial charge in [0.05, 0.1) is 0 Å². The molecule has 0 aliphatic carbocycles. The third-order valence-corrected chi connectivity index (χ3v) is 3.14. The fraction of sp³-hybridized carbons (Fsp3) is 0.875. The molecular weight excluding hydrogens is 192 g/mol. The van der Waals surface area contributed by atoms with E-state index in [0.29, 0.717) is 0 Å². The van der Waals surface area contributed by atoms with Crippen molar-refractivity contribution in [3.05, 3.63) is 0 Å². The largest absolute Gasteiger partial charge is 0.103 e. The number of rotatable bonds is 8. The zero-order valence-corrected chi connectivity index (χ0v) is 11.8. The van der Waals surface area contributed by atoms with E-state index in [1.54, 1.807) is 0 Å². The summed E-state index contributed by atoms with van der Waals surface area (Å²) < 4.78 is 0. The van der Waals surface area contributed by atoms with E-state index in [-0.39, 0.29) is 0 Å². The summed E-state index contributed by atoms with van der Waals surface area (Å²) >= 11 is 0. The number of hydrogen-bond donors (Lipinski definition) is 0. The Bertz CT molecular complexity index is 194. The number of hydrogen-bond acceptors (Lipinski definition) is 0. The second-order valence-electron chi connectivity index (χ2n) is 5.24. The monoisotopic (exact) mass is 222 g/mol. The maximum atomic E-state index is 3.33. The van der Waals surface area contributed by atoms with Crippen molar-refractivity contribution in [2.75, 3.05) is 0 Å². The first-order valence-corrected chi connectivity index (χ1v) is 7.16. The Morgan fingerprint density at radius 1 is 0.812 bits per heavy atom. The van der Waals surface area contributed by atoms with Gasteiger partial charge in [-0.25, -0.2) is 0 Å². The maximum Gasteiger partial charge on any atom is 0.0114 e. The molecule has 16 heavy (non-hydrogen) atoms. The van der Waals surface area contributed by atoms with Crippen molar-refractivity contribution < 1.29 is 0 Å². The van der Waals surface area contributed by atoms with Gasteiger partial charge in [-0.3, -0.25) is 0 Å². The van der Waals surface area contributed by atoms with Crippen LogP contribution in [0.15, 0.2) is 0 Å². The molecule has 0 aromatic carbocycles. The molecule has 94 valence electrons. The van der Waals surface area contributed by atoms with Crippen LogP contribution in [0.3, 0.4) is 0 Å². The molecule has 0 aromatic rings. The predicted octanol–water partition coefficient (Wildman–Crippen LogP) is 5.42. The van der Waals surface area contributed by atoms with E-state index in [0.717, 1.165) is 24.7 Å². The molecule has 0 bridgehead atoms. The molecule has 2 unspecified atom stereocenters. The van der Waals surface area contributed by atoms with Crippen molar-refractivity contribution in [3.63, 3.8) is 0 Å². The Morgan fingerprint density at radius 3 is 2.06 bits per heavy atom. The third kappa shape index (κ3) is 10.1. The highest BCUT2D eigenvalue weighted by molar-refractivity contribution is 4.99. The average molecular weight is 222 g/mol. The molecule has 0 heterocycles. The van der Waals surface area contributed by atoms with Crippen LogP contribution in [0.25, 0.3) is 0 Å². The molecule has 0 N–H and O–H groups in total. The van der Waals surface area contributed by atoms with Crippen LogP contribution in [-0.2, 0) is 0 Å². The van der Waals surface area contributed by atoms with Gasteiger partial charge in [0.25, 0.3) is 0 Å². The molecule has 2 atom stereocenters. The minimum atomic E-state index is 0.788. The van der Waals surface area contributed by atoms with Gasteiger partial charge in [0.15, 0.2) is 0 Å². The molecule has 0 nitrogen and oxygen atoms in total. The highest BCUT2D eigenvalue weighted by Crippen LogP contribution is 2.13. The van der Waals surface area contributed by atoms with E-state index in [2.05, 4.69) is 39.5 Å². The van der Waals surface area contributed by atoms with Crippen molar-refractivity contribution in [2.24, 2.45) is 11.8 Å². The highest BCUT2D eigenvalue weighted by atomic mass is 14.0. The summed E-state index contributed by atoms with van der Waals surface area (Å²) in [4.78, 5) is 0. The molecule has 0 saturated carbocycles. The normalized spacial score (nSPS) is 14.0. The number of unbranched alkanes of at least 4 members (excludes halogenated alkanes) is 1. The predicted molar refractivity (Wildman–Crippen MR) is 74.4 cm³/mol. The first kappa shape index (κ1) is 15.6. The van der Waals surface area contributed by atoms with E-state index in [1.165, 1.54) is 38.5 Å². The molecule has 0 spiro atoms. The lowest BCUT2D eigenvalue weighted by atomic mass is 9.99. The molecule has 0 aromatic heterocycles. The van der Waals surface area contributed by atoms with Gasteiger partial charge in [-0.15, -0.1) is 11.8 Å². The van der Waals surface area contributed by atoms with E-state index >= 15 is 0 Å². The van der Waals surface area contributed by atoms with Crippen molar-refractivity contribution in [3.8, 4) is 11.8 Å². The molecule has 0 amide bonds. The Kier molecular flexibility index (Phi) is 10.8. The Hall–Kier alpha value is -0.440. The second-order valence-corrected chi connectivity index (χ2v) is 5.24. The summed E-state index contributed by atoms with van der Waals surface area (Å²) in [7, 11) is 0. The van der Waals surface area contributed by atoms with Gasteiger partial charge in [0, 0.05) is 12.8 Å². The minimum Gasteiger partial charge on any atom is -0.103 e. The Morgan fingerprint density at radius 2 is 1.44 bits per heavy atom. The van der Waals surface area contributed by atoms with Crippen LogP contribution in [0.1, 0.15) is 79.1 Å². The van der Waals surface area contributed by atoms with Gasteiger partial charge >= 0.3 is 0 Å². The fourth-order valence-electron chi connectivity index (χ4n) is 2.11. The molecular formula is C16H30. The lowest BCUT2D eigenvalue weighted by molar-refractivity contribution is 0.473. The Balaban J connectivity index is 3.40. The summed E-state index contributed by atoms with van der Waals surface area (Å²) in [5, 5.41) is 0. The lowest BCUT2D eigenvalue weighted by Gasteiger charge is -2.07. The van der Waals surface area contributed by atoms with Gasteiger partial charge in [-0.2, -0.15) is 0 Å². The topological polar surface area (TPSA) is 0 Å². The molecule has 0 fully saturated rings. The molecule has 0 rings (SSSR count). The lowest BCUT2D eigenvalue weighted by Crippen LogP contribution is -1.93. The van der Waals surface area contributed by atoms with E-state index < -0.39 is 0 Å². The standard InChI is InChI=1S/C16H30/c1-5-11-15(3)13-9-7-8-10-14-16(4)12-6-2/h15-16H,5-7,9,11-14H2,1-4H3. The first-order valence-electron chi connectivity index (χ1n) is 7.16. The zero-order chi connectivity index (χ0) is 12.2. The second kappa shape index (κ2) is 11.1. The van der Waals surface area contributed by atoms with E-state index in [1.807, 2.05) is 0 Å². The van der Waals surface area contributed by atoms with Crippen molar-refractivity contribution in [1.82, 2.24) is 0 Å². The van der Waals surface area contributed by atoms with Crippen molar-refractivity contribution >= 4 is 0 Å². The fourth-order valence-corrected chi connectivity index (χ4v) is 2.11. The first-order chi connectivity index (χ1) is 7.70. The molecule has 0 radical (unpaired) electrons. The van der Waals surface area contributed by atoms with Crippen molar-refractivity contribution in [1.29, 1.82) is 0 Å². The van der Waals surface area contributed by atoms with Gasteiger partial charge in [-0.05, 0) is 24.7 Å². The van der Waals surface area contributed by atoms with E-state index in [4.69, 9.17) is 0 Å². The highest BCUT2D eigenvalue weighted by Gasteiger charge is 1.99. The average Bonchev–Trinajstić information content (AvgIpc) is 2.24. The van der Waals surface area contributed by atoms with Crippen LogP contribution in [0, 0.1) is 23.7 Å².